The molecule has 0 aliphatic carbocycles. The van der Waals surface area contributed by atoms with Crippen LogP contribution in [0.4, 0.5) is 5.69 Å². The van der Waals surface area contributed by atoms with Gasteiger partial charge in [-0.05, 0) is 41.3 Å². The zero-order chi connectivity index (χ0) is 14.5. The Balaban J connectivity index is 2.10. The van der Waals surface area contributed by atoms with Crippen molar-refractivity contribution >= 4 is 11.6 Å². The van der Waals surface area contributed by atoms with E-state index in [1.807, 2.05) is 24.3 Å². The highest BCUT2D eigenvalue weighted by atomic mass is 16.1. The minimum absolute atomic E-state index is 0.224. The van der Waals surface area contributed by atoms with Crippen LogP contribution in [0, 0.1) is 0 Å². The van der Waals surface area contributed by atoms with Gasteiger partial charge in [0.15, 0.2) is 0 Å². The second-order valence-electron chi connectivity index (χ2n) is 4.98. The van der Waals surface area contributed by atoms with E-state index in [0.717, 1.165) is 11.3 Å². The fourth-order valence-electron chi connectivity index (χ4n) is 1.87. The van der Waals surface area contributed by atoms with Crippen molar-refractivity contribution in [2.45, 2.75) is 26.3 Å². The molecule has 0 atom stereocenters. The van der Waals surface area contributed by atoms with E-state index in [4.69, 9.17) is 5.73 Å². The van der Waals surface area contributed by atoms with E-state index < -0.39 is 0 Å². The molecule has 0 radical (unpaired) electrons. The average Bonchev–Trinajstić information content (AvgIpc) is 2.47. The van der Waals surface area contributed by atoms with Crippen molar-refractivity contribution in [3.05, 3.63) is 59.4 Å². The minimum Gasteiger partial charge on any atom is -0.326 e. The number of carbonyl (C=O) groups excluding carboxylic acids is 1. The Kier molecular flexibility index (Phi) is 4.48. The maximum absolute atomic E-state index is 12.1. The second kappa shape index (κ2) is 6.30. The number of hydrogen-bond donors (Lipinski definition) is 2. The van der Waals surface area contributed by atoms with Crippen molar-refractivity contribution in [1.29, 1.82) is 0 Å². The molecule has 0 spiro atoms. The van der Waals surface area contributed by atoms with E-state index in [9.17, 15) is 4.79 Å². The van der Waals surface area contributed by atoms with Gasteiger partial charge in [0.1, 0.15) is 5.69 Å². The van der Waals surface area contributed by atoms with Crippen molar-refractivity contribution in [3.8, 4) is 0 Å². The van der Waals surface area contributed by atoms with E-state index in [1.54, 1.807) is 18.3 Å². The number of aromatic nitrogens is 1. The van der Waals surface area contributed by atoms with Crippen LogP contribution in [0.2, 0.25) is 0 Å². The summed E-state index contributed by atoms with van der Waals surface area (Å²) in [5, 5.41) is 2.83. The Hall–Kier alpha value is -2.20. The van der Waals surface area contributed by atoms with Gasteiger partial charge in [-0.2, -0.15) is 0 Å². The van der Waals surface area contributed by atoms with Crippen LogP contribution in [0.5, 0.6) is 0 Å². The number of benzene rings is 1. The van der Waals surface area contributed by atoms with Gasteiger partial charge in [0.2, 0.25) is 0 Å². The highest BCUT2D eigenvalue weighted by molar-refractivity contribution is 6.02. The van der Waals surface area contributed by atoms with Crippen molar-refractivity contribution in [2.24, 2.45) is 5.73 Å². The minimum atomic E-state index is -0.224. The van der Waals surface area contributed by atoms with Crippen LogP contribution >= 0.6 is 0 Å². The van der Waals surface area contributed by atoms with Crippen LogP contribution in [0.3, 0.4) is 0 Å². The lowest BCUT2D eigenvalue weighted by molar-refractivity contribution is 0.102. The summed E-state index contributed by atoms with van der Waals surface area (Å²) in [5.74, 6) is 0.250. The number of hydrogen-bond acceptors (Lipinski definition) is 3. The molecule has 1 heterocycles. The van der Waals surface area contributed by atoms with Crippen LogP contribution in [0.15, 0.2) is 42.6 Å². The fourth-order valence-corrected chi connectivity index (χ4v) is 1.87. The summed E-state index contributed by atoms with van der Waals surface area (Å²) in [6.07, 6.45) is 1.60. The maximum atomic E-state index is 12.1. The number of carbonyl (C=O) groups is 1. The number of nitrogens with two attached hydrogens (primary N) is 1. The van der Waals surface area contributed by atoms with Crippen molar-refractivity contribution in [1.82, 2.24) is 4.98 Å². The third-order valence-electron chi connectivity index (χ3n) is 3.13. The molecule has 0 aliphatic rings. The van der Waals surface area contributed by atoms with Crippen molar-refractivity contribution in [3.63, 3.8) is 0 Å². The highest BCUT2D eigenvalue weighted by Crippen LogP contribution is 2.17. The molecular formula is C16H19N3O. The lowest BCUT2D eigenvalue weighted by atomic mass is 10.0. The van der Waals surface area contributed by atoms with Crippen LogP contribution in [-0.4, -0.2) is 10.9 Å². The number of pyridine rings is 1. The molecule has 1 aromatic carbocycles. The second-order valence-corrected chi connectivity index (χ2v) is 4.98. The quantitative estimate of drug-likeness (QED) is 0.896. The molecule has 0 saturated heterocycles. The summed E-state index contributed by atoms with van der Waals surface area (Å²) >= 11 is 0. The zero-order valence-corrected chi connectivity index (χ0v) is 11.8. The van der Waals surface area contributed by atoms with E-state index in [-0.39, 0.29) is 5.91 Å². The molecule has 20 heavy (non-hydrogen) atoms. The molecule has 3 N–H and O–H groups in total. The molecule has 1 aromatic heterocycles. The third-order valence-corrected chi connectivity index (χ3v) is 3.13. The van der Waals surface area contributed by atoms with Crippen LogP contribution in [0.25, 0.3) is 0 Å². The van der Waals surface area contributed by atoms with Gasteiger partial charge < -0.3 is 11.1 Å². The summed E-state index contributed by atoms with van der Waals surface area (Å²) in [6.45, 7) is 4.66. The van der Waals surface area contributed by atoms with Crippen LogP contribution in [0.1, 0.15) is 41.4 Å². The Bertz CT molecular complexity index is 591. The standard InChI is InChI=1S/C16H19N3O/c1-11(2)13-3-5-14(6-4-13)19-16(20)15-9-12(10-17)7-8-18-15/h3-9,11H,10,17H2,1-2H3,(H,19,20). The van der Waals surface area contributed by atoms with Gasteiger partial charge in [0, 0.05) is 18.4 Å². The topological polar surface area (TPSA) is 68.0 Å². The first kappa shape index (κ1) is 14.2. The average molecular weight is 269 g/mol. The van der Waals surface area contributed by atoms with Crippen molar-refractivity contribution < 1.29 is 4.79 Å². The largest absolute Gasteiger partial charge is 0.326 e. The predicted octanol–water partition coefficient (Wildman–Crippen LogP) is 2.92. The van der Waals surface area contributed by atoms with Crippen LogP contribution < -0.4 is 11.1 Å². The molecule has 2 rings (SSSR count). The van der Waals surface area contributed by atoms with Crippen LogP contribution in [-0.2, 0) is 6.54 Å². The van der Waals surface area contributed by atoms with Crippen molar-refractivity contribution in [2.75, 3.05) is 5.32 Å². The molecular weight excluding hydrogens is 250 g/mol. The molecule has 4 nitrogen and oxygen atoms in total. The summed E-state index contributed by atoms with van der Waals surface area (Å²) in [4.78, 5) is 16.1. The molecule has 0 aliphatic heterocycles. The number of rotatable bonds is 4. The first-order valence-electron chi connectivity index (χ1n) is 6.66. The third kappa shape index (κ3) is 3.42. The molecule has 0 saturated carbocycles. The predicted molar refractivity (Wildman–Crippen MR) is 80.6 cm³/mol. The summed E-state index contributed by atoms with van der Waals surface area (Å²) < 4.78 is 0. The Morgan fingerprint density at radius 3 is 2.55 bits per heavy atom. The zero-order valence-electron chi connectivity index (χ0n) is 11.8. The van der Waals surface area contributed by atoms with Gasteiger partial charge in [0.25, 0.3) is 5.91 Å². The van der Waals surface area contributed by atoms with Gasteiger partial charge in [0.05, 0.1) is 0 Å². The summed E-state index contributed by atoms with van der Waals surface area (Å²) in [5.41, 5.74) is 8.83. The molecule has 104 valence electrons. The molecule has 0 fully saturated rings. The lowest BCUT2D eigenvalue weighted by Crippen LogP contribution is -2.14. The molecule has 0 unspecified atom stereocenters. The number of nitrogens with zero attached hydrogens (tertiary/aromatic N) is 1. The number of nitrogens with one attached hydrogen (secondary N) is 1. The first-order chi connectivity index (χ1) is 9.60. The van der Waals surface area contributed by atoms with Gasteiger partial charge in [-0.3, -0.25) is 9.78 Å². The molecule has 0 bridgehead atoms. The fraction of sp³-hybridized carbons (Fsp3) is 0.250. The summed E-state index contributed by atoms with van der Waals surface area (Å²) in [6, 6.07) is 11.3. The highest BCUT2D eigenvalue weighted by Gasteiger charge is 2.08. The number of anilines is 1. The van der Waals surface area contributed by atoms with E-state index in [1.165, 1.54) is 5.56 Å². The van der Waals surface area contributed by atoms with Gasteiger partial charge in [-0.25, -0.2) is 0 Å². The lowest BCUT2D eigenvalue weighted by Gasteiger charge is -2.08. The van der Waals surface area contributed by atoms with E-state index in [0.29, 0.717) is 18.2 Å². The van der Waals surface area contributed by atoms with Gasteiger partial charge in [-0.1, -0.05) is 26.0 Å². The monoisotopic (exact) mass is 269 g/mol. The SMILES string of the molecule is CC(C)c1ccc(NC(=O)c2cc(CN)ccn2)cc1. The first-order valence-corrected chi connectivity index (χ1v) is 6.66. The Morgan fingerprint density at radius 2 is 1.95 bits per heavy atom. The smallest absolute Gasteiger partial charge is 0.274 e. The molecule has 2 aromatic rings. The Labute approximate surface area is 119 Å². The maximum Gasteiger partial charge on any atom is 0.274 e. The molecule has 1 amide bonds. The normalized spacial score (nSPS) is 10.6. The van der Waals surface area contributed by atoms with Gasteiger partial charge >= 0.3 is 0 Å². The number of amides is 1. The molecule has 4 heteroatoms. The van der Waals surface area contributed by atoms with E-state index in [2.05, 4.69) is 24.1 Å². The van der Waals surface area contributed by atoms with Gasteiger partial charge in [-0.15, -0.1) is 0 Å². The van der Waals surface area contributed by atoms with E-state index >= 15 is 0 Å². The summed E-state index contributed by atoms with van der Waals surface area (Å²) in [7, 11) is 0. The Morgan fingerprint density at radius 1 is 1.25 bits per heavy atom.